The highest BCUT2D eigenvalue weighted by Crippen LogP contribution is 2.36. The lowest BCUT2D eigenvalue weighted by molar-refractivity contribution is 0.714. The van der Waals surface area contributed by atoms with E-state index in [4.69, 9.17) is 11.5 Å². The summed E-state index contributed by atoms with van der Waals surface area (Å²) in [6.07, 6.45) is 2.12. The number of rotatable bonds is 0. The summed E-state index contributed by atoms with van der Waals surface area (Å²) >= 11 is 2.34. The van der Waals surface area contributed by atoms with Crippen LogP contribution in [-0.2, 0) is 6.42 Å². The van der Waals surface area contributed by atoms with Crippen molar-refractivity contribution < 1.29 is 0 Å². The molecule has 4 N–H and O–H groups in total. The lowest BCUT2D eigenvalue weighted by Gasteiger charge is -2.09. The minimum atomic E-state index is 0.162. The van der Waals surface area contributed by atoms with Crippen LogP contribution < -0.4 is 11.5 Å². The molecule has 1 aliphatic rings. The number of nitrogen functional groups attached to an aromatic ring is 1. The van der Waals surface area contributed by atoms with Crippen LogP contribution in [0.1, 0.15) is 23.6 Å². The largest absolute Gasteiger partial charge is 0.398 e. The van der Waals surface area contributed by atoms with Gasteiger partial charge in [-0.15, -0.1) is 0 Å². The average Bonchev–Trinajstić information content (AvgIpc) is 2.42. The maximum atomic E-state index is 5.93. The van der Waals surface area contributed by atoms with Gasteiger partial charge in [0.15, 0.2) is 0 Å². The minimum Gasteiger partial charge on any atom is -0.398 e. The molecule has 64 valence electrons. The summed E-state index contributed by atoms with van der Waals surface area (Å²) in [4.78, 5) is 0. The van der Waals surface area contributed by atoms with Crippen LogP contribution in [-0.4, -0.2) is 0 Å². The van der Waals surface area contributed by atoms with E-state index in [9.17, 15) is 0 Å². The van der Waals surface area contributed by atoms with Gasteiger partial charge in [-0.3, -0.25) is 0 Å². The van der Waals surface area contributed by atoms with Gasteiger partial charge in [0.25, 0.3) is 0 Å². The lowest BCUT2D eigenvalue weighted by Crippen LogP contribution is -2.08. The Morgan fingerprint density at radius 1 is 1.42 bits per heavy atom. The summed E-state index contributed by atoms with van der Waals surface area (Å²) in [6.45, 7) is 0. The first-order valence-corrected chi connectivity index (χ1v) is 5.10. The summed E-state index contributed by atoms with van der Waals surface area (Å²) in [5.41, 5.74) is 15.2. The van der Waals surface area contributed by atoms with Crippen LogP contribution in [0.15, 0.2) is 12.1 Å². The molecule has 0 spiro atoms. The van der Waals surface area contributed by atoms with Gasteiger partial charge in [0.1, 0.15) is 0 Å². The zero-order chi connectivity index (χ0) is 8.72. The van der Waals surface area contributed by atoms with E-state index in [1.165, 1.54) is 14.7 Å². The van der Waals surface area contributed by atoms with Crippen molar-refractivity contribution in [2.24, 2.45) is 5.73 Å². The molecule has 0 saturated carbocycles. The summed E-state index contributed by atoms with van der Waals surface area (Å²) in [6, 6.07) is 4.17. The number of fused-ring (bicyclic) bond motifs is 1. The van der Waals surface area contributed by atoms with Crippen molar-refractivity contribution in [3.8, 4) is 0 Å². The van der Waals surface area contributed by atoms with Crippen LogP contribution in [0.2, 0.25) is 0 Å². The smallest absolute Gasteiger partial charge is 0.0365 e. The summed E-state index contributed by atoms with van der Waals surface area (Å²) in [7, 11) is 0. The van der Waals surface area contributed by atoms with Crippen LogP contribution >= 0.6 is 22.6 Å². The number of hydrogen-bond acceptors (Lipinski definition) is 2. The molecule has 0 aliphatic heterocycles. The van der Waals surface area contributed by atoms with Gasteiger partial charge in [0.2, 0.25) is 0 Å². The van der Waals surface area contributed by atoms with Crippen molar-refractivity contribution in [2.75, 3.05) is 5.73 Å². The maximum Gasteiger partial charge on any atom is 0.0365 e. The van der Waals surface area contributed by atoms with Crippen molar-refractivity contribution in [3.63, 3.8) is 0 Å². The zero-order valence-electron chi connectivity index (χ0n) is 6.68. The molecule has 0 fully saturated rings. The predicted octanol–water partition coefficient (Wildman–Crippen LogP) is 1.82. The van der Waals surface area contributed by atoms with E-state index in [1.54, 1.807) is 0 Å². The molecule has 1 atom stereocenters. The van der Waals surface area contributed by atoms with E-state index >= 15 is 0 Å². The standard InChI is InChI=1S/C9H11IN2/c10-6-2-4-8(12)9-5(6)1-3-7(9)11/h2,4,7H,1,3,11-12H2. The molecule has 3 heteroatoms. The summed E-state index contributed by atoms with van der Waals surface area (Å²) in [5.74, 6) is 0. The molecular weight excluding hydrogens is 263 g/mol. The second kappa shape index (κ2) is 2.88. The molecular formula is C9H11IN2. The first-order valence-electron chi connectivity index (χ1n) is 4.02. The maximum absolute atomic E-state index is 5.93. The highest BCUT2D eigenvalue weighted by atomic mass is 127. The third kappa shape index (κ3) is 1.11. The van der Waals surface area contributed by atoms with Crippen molar-refractivity contribution in [1.29, 1.82) is 0 Å². The number of hydrogen-bond donors (Lipinski definition) is 2. The molecule has 0 aromatic heterocycles. The van der Waals surface area contributed by atoms with E-state index in [0.29, 0.717) is 0 Å². The van der Waals surface area contributed by atoms with Crippen molar-refractivity contribution in [3.05, 3.63) is 26.8 Å². The van der Waals surface area contributed by atoms with E-state index in [0.717, 1.165) is 18.5 Å². The molecule has 2 nitrogen and oxygen atoms in total. The van der Waals surface area contributed by atoms with E-state index in [1.807, 2.05) is 6.07 Å². The second-order valence-electron chi connectivity index (χ2n) is 3.17. The fourth-order valence-electron chi connectivity index (χ4n) is 1.79. The molecule has 1 aromatic carbocycles. The Bertz CT molecular complexity index is 323. The van der Waals surface area contributed by atoms with Gasteiger partial charge in [-0.2, -0.15) is 0 Å². The van der Waals surface area contributed by atoms with Crippen LogP contribution in [0.5, 0.6) is 0 Å². The van der Waals surface area contributed by atoms with Crippen LogP contribution in [0.3, 0.4) is 0 Å². The third-order valence-corrected chi connectivity index (χ3v) is 3.42. The Balaban J connectivity index is 2.64. The normalized spacial score (nSPS) is 21.0. The molecule has 2 rings (SSSR count). The van der Waals surface area contributed by atoms with E-state index in [-0.39, 0.29) is 6.04 Å². The Kier molecular flexibility index (Phi) is 2.00. The molecule has 0 radical (unpaired) electrons. The van der Waals surface area contributed by atoms with Gasteiger partial charge < -0.3 is 11.5 Å². The first-order chi connectivity index (χ1) is 5.70. The highest BCUT2D eigenvalue weighted by Gasteiger charge is 2.22. The Hall–Kier alpha value is -0.290. The second-order valence-corrected chi connectivity index (χ2v) is 4.34. The Morgan fingerprint density at radius 3 is 2.83 bits per heavy atom. The first kappa shape index (κ1) is 8.31. The third-order valence-electron chi connectivity index (χ3n) is 2.41. The van der Waals surface area contributed by atoms with Gasteiger partial charge in [-0.25, -0.2) is 0 Å². The summed E-state index contributed by atoms with van der Waals surface area (Å²) in [5, 5.41) is 0. The molecule has 1 aliphatic carbocycles. The van der Waals surface area contributed by atoms with Gasteiger partial charge in [0, 0.05) is 15.3 Å². The average molecular weight is 274 g/mol. The topological polar surface area (TPSA) is 52.0 Å². The Labute approximate surface area is 85.5 Å². The van der Waals surface area contributed by atoms with Gasteiger partial charge in [0.05, 0.1) is 0 Å². The molecule has 12 heavy (non-hydrogen) atoms. The van der Waals surface area contributed by atoms with Gasteiger partial charge >= 0.3 is 0 Å². The number of nitrogens with two attached hydrogens (primary N) is 2. The van der Waals surface area contributed by atoms with Crippen LogP contribution in [0.4, 0.5) is 5.69 Å². The van der Waals surface area contributed by atoms with Crippen LogP contribution in [0.25, 0.3) is 0 Å². The molecule has 0 bridgehead atoms. The summed E-state index contributed by atoms with van der Waals surface area (Å²) < 4.78 is 1.30. The monoisotopic (exact) mass is 274 g/mol. The van der Waals surface area contributed by atoms with Crippen molar-refractivity contribution >= 4 is 28.3 Å². The Morgan fingerprint density at radius 2 is 2.17 bits per heavy atom. The molecule has 1 unspecified atom stereocenters. The quantitative estimate of drug-likeness (QED) is 0.560. The van der Waals surface area contributed by atoms with Crippen LogP contribution in [0, 0.1) is 3.57 Å². The van der Waals surface area contributed by atoms with Crippen molar-refractivity contribution in [1.82, 2.24) is 0 Å². The minimum absolute atomic E-state index is 0.162. The fraction of sp³-hybridized carbons (Fsp3) is 0.333. The van der Waals surface area contributed by atoms with Gasteiger partial charge in [-0.05, 0) is 58.7 Å². The van der Waals surface area contributed by atoms with E-state index < -0.39 is 0 Å². The lowest BCUT2D eigenvalue weighted by atomic mass is 10.1. The van der Waals surface area contributed by atoms with Gasteiger partial charge in [-0.1, -0.05) is 0 Å². The predicted molar refractivity (Wildman–Crippen MR) is 58.8 cm³/mol. The number of benzene rings is 1. The zero-order valence-corrected chi connectivity index (χ0v) is 8.84. The SMILES string of the molecule is Nc1ccc(I)c2c1C(N)CC2. The number of halogens is 1. The molecule has 0 saturated heterocycles. The van der Waals surface area contributed by atoms with E-state index in [2.05, 4.69) is 28.7 Å². The molecule has 0 heterocycles. The van der Waals surface area contributed by atoms with Crippen molar-refractivity contribution in [2.45, 2.75) is 18.9 Å². The molecule has 1 aromatic rings. The molecule has 0 amide bonds. The highest BCUT2D eigenvalue weighted by molar-refractivity contribution is 14.1. The fourth-order valence-corrected chi connectivity index (χ4v) is 2.53. The number of anilines is 1.